The van der Waals surface area contributed by atoms with Gasteiger partial charge >= 0.3 is 0 Å². The Balaban J connectivity index is 3.05. The van der Waals surface area contributed by atoms with Gasteiger partial charge in [0.2, 0.25) is 0 Å². The third-order valence-corrected chi connectivity index (χ3v) is 3.68. The molecule has 0 N–H and O–H groups in total. The average molecular weight is 188 g/mol. The fraction of sp³-hybridized carbons (Fsp3) is 0.778. The Morgan fingerprint density at radius 2 is 2.17 bits per heavy atom. The van der Waals surface area contributed by atoms with Crippen molar-refractivity contribution in [3.05, 3.63) is 12.2 Å². The van der Waals surface area contributed by atoms with Gasteiger partial charge in [-0.05, 0) is 25.9 Å². The Hall–Kier alpha value is -0.123. The van der Waals surface area contributed by atoms with Gasteiger partial charge < -0.3 is 9.16 Å². The summed E-state index contributed by atoms with van der Waals surface area (Å²) in [5.74, 6) is 0. The highest BCUT2D eigenvalue weighted by molar-refractivity contribution is 6.50. The smallest absolute Gasteiger partial charge is 0.173 e. The maximum absolute atomic E-state index is 5.36. The van der Waals surface area contributed by atoms with Crippen LogP contribution in [0.15, 0.2) is 12.2 Å². The van der Waals surface area contributed by atoms with Crippen LogP contribution in [0, 0.1) is 0 Å². The summed E-state index contributed by atoms with van der Waals surface area (Å²) in [7, 11) is 0.946. The van der Waals surface area contributed by atoms with Crippen LogP contribution in [0.5, 0.6) is 0 Å². The maximum Gasteiger partial charge on any atom is 0.173 e. The first kappa shape index (κ1) is 11.9. The highest BCUT2D eigenvalue weighted by atomic mass is 28.3. The van der Waals surface area contributed by atoms with Gasteiger partial charge in [0.05, 0.1) is 6.61 Å². The van der Waals surface area contributed by atoms with Gasteiger partial charge in [0.25, 0.3) is 0 Å². The SMILES string of the molecule is C=C(C)COCCC[SiH](C)OC. The molecule has 0 saturated carbocycles. The lowest BCUT2D eigenvalue weighted by molar-refractivity contribution is 0.156. The molecule has 2 nitrogen and oxygen atoms in total. The molecule has 0 fully saturated rings. The third-order valence-electron chi connectivity index (χ3n) is 1.65. The van der Waals surface area contributed by atoms with Crippen molar-refractivity contribution in [2.75, 3.05) is 20.3 Å². The van der Waals surface area contributed by atoms with E-state index in [-0.39, 0.29) is 0 Å². The van der Waals surface area contributed by atoms with E-state index in [2.05, 4.69) is 13.1 Å². The van der Waals surface area contributed by atoms with Crippen LogP contribution >= 0.6 is 0 Å². The minimum absolute atomic E-state index is 0.697. The highest BCUT2D eigenvalue weighted by Gasteiger charge is 2.00. The summed E-state index contributed by atoms with van der Waals surface area (Å²) in [6.45, 7) is 9.49. The predicted octanol–water partition coefficient (Wildman–Crippen LogP) is 1.97. The van der Waals surface area contributed by atoms with Crippen LogP contribution in [-0.4, -0.2) is 29.4 Å². The molecular weight excluding hydrogens is 168 g/mol. The Morgan fingerprint density at radius 1 is 1.50 bits per heavy atom. The van der Waals surface area contributed by atoms with Crippen LogP contribution in [0.3, 0.4) is 0 Å². The molecule has 0 aromatic carbocycles. The van der Waals surface area contributed by atoms with Crippen LogP contribution < -0.4 is 0 Å². The molecule has 3 heteroatoms. The average Bonchev–Trinajstić information content (AvgIpc) is 2.03. The second kappa shape index (κ2) is 7.52. The highest BCUT2D eigenvalue weighted by Crippen LogP contribution is 1.99. The number of ether oxygens (including phenoxy) is 1. The Bertz CT molecular complexity index is 126. The van der Waals surface area contributed by atoms with Crippen LogP contribution in [-0.2, 0) is 9.16 Å². The van der Waals surface area contributed by atoms with E-state index in [9.17, 15) is 0 Å². The normalized spacial score (nSPS) is 12.9. The van der Waals surface area contributed by atoms with Crippen LogP contribution in [0.2, 0.25) is 12.6 Å². The molecule has 0 aromatic rings. The fourth-order valence-corrected chi connectivity index (χ4v) is 1.81. The zero-order chi connectivity index (χ0) is 9.40. The van der Waals surface area contributed by atoms with E-state index < -0.39 is 9.04 Å². The lowest BCUT2D eigenvalue weighted by atomic mass is 10.4. The summed E-state index contributed by atoms with van der Waals surface area (Å²) in [5.41, 5.74) is 1.09. The van der Waals surface area contributed by atoms with Gasteiger partial charge in [-0.25, -0.2) is 0 Å². The second-order valence-corrected chi connectivity index (χ2v) is 5.87. The van der Waals surface area contributed by atoms with E-state index in [1.165, 1.54) is 6.04 Å². The predicted molar refractivity (Wildman–Crippen MR) is 55.1 cm³/mol. The lowest BCUT2D eigenvalue weighted by Crippen LogP contribution is -2.11. The molecule has 0 aliphatic heterocycles. The Labute approximate surface area is 77.3 Å². The van der Waals surface area contributed by atoms with Gasteiger partial charge in [-0.2, -0.15) is 0 Å². The van der Waals surface area contributed by atoms with Crippen molar-refractivity contribution in [3.63, 3.8) is 0 Å². The van der Waals surface area contributed by atoms with Gasteiger partial charge in [-0.3, -0.25) is 0 Å². The molecule has 0 heterocycles. The lowest BCUT2D eigenvalue weighted by Gasteiger charge is -2.07. The van der Waals surface area contributed by atoms with E-state index in [0.717, 1.165) is 18.6 Å². The minimum Gasteiger partial charge on any atom is -0.423 e. The number of hydrogen-bond donors (Lipinski definition) is 0. The van der Waals surface area contributed by atoms with E-state index in [1.54, 1.807) is 7.11 Å². The quantitative estimate of drug-likeness (QED) is 0.345. The molecule has 0 saturated heterocycles. The Morgan fingerprint density at radius 3 is 2.67 bits per heavy atom. The van der Waals surface area contributed by atoms with Crippen molar-refractivity contribution in [2.45, 2.75) is 25.9 Å². The molecule has 72 valence electrons. The molecule has 0 aliphatic carbocycles. The molecule has 0 bridgehead atoms. The van der Waals surface area contributed by atoms with Crippen LogP contribution in [0.4, 0.5) is 0 Å². The van der Waals surface area contributed by atoms with Crippen molar-refractivity contribution in [2.24, 2.45) is 0 Å². The molecule has 0 radical (unpaired) electrons. The third kappa shape index (κ3) is 7.98. The summed E-state index contributed by atoms with van der Waals surface area (Å²) in [4.78, 5) is 0. The Kier molecular flexibility index (Phi) is 7.44. The molecule has 1 atom stereocenters. The van der Waals surface area contributed by atoms with Crippen molar-refractivity contribution in [3.8, 4) is 0 Å². The molecule has 1 unspecified atom stereocenters. The van der Waals surface area contributed by atoms with Crippen molar-refractivity contribution < 1.29 is 9.16 Å². The van der Waals surface area contributed by atoms with Crippen LogP contribution in [0.25, 0.3) is 0 Å². The first-order valence-corrected chi connectivity index (χ1v) is 6.86. The zero-order valence-electron chi connectivity index (χ0n) is 8.43. The molecule has 12 heavy (non-hydrogen) atoms. The molecular formula is C9H20O2Si. The molecule has 0 aliphatic rings. The summed E-state index contributed by atoms with van der Waals surface area (Å²) in [5, 5.41) is 0. The van der Waals surface area contributed by atoms with E-state index in [1.807, 2.05) is 6.92 Å². The summed E-state index contributed by atoms with van der Waals surface area (Å²) in [6, 6.07) is 1.20. The van der Waals surface area contributed by atoms with Gasteiger partial charge in [0.1, 0.15) is 0 Å². The zero-order valence-corrected chi connectivity index (χ0v) is 9.58. The topological polar surface area (TPSA) is 18.5 Å². The first-order chi connectivity index (χ1) is 5.66. The van der Waals surface area contributed by atoms with Gasteiger partial charge in [0.15, 0.2) is 9.04 Å². The van der Waals surface area contributed by atoms with Gasteiger partial charge in [-0.15, -0.1) is 0 Å². The second-order valence-electron chi connectivity index (χ2n) is 3.20. The molecule has 0 aromatic heterocycles. The monoisotopic (exact) mass is 188 g/mol. The fourth-order valence-electron chi connectivity index (χ4n) is 0.837. The molecule has 0 amide bonds. The minimum atomic E-state index is -0.851. The number of hydrogen-bond acceptors (Lipinski definition) is 2. The summed E-state index contributed by atoms with van der Waals surface area (Å²) >= 11 is 0. The first-order valence-electron chi connectivity index (χ1n) is 4.41. The van der Waals surface area contributed by atoms with Crippen LogP contribution in [0.1, 0.15) is 13.3 Å². The molecule has 0 rings (SSSR count). The van der Waals surface area contributed by atoms with Crippen molar-refractivity contribution >= 4 is 9.04 Å². The maximum atomic E-state index is 5.36. The summed E-state index contributed by atoms with van der Waals surface area (Å²) < 4.78 is 10.6. The van der Waals surface area contributed by atoms with Crippen molar-refractivity contribution in [1.29, 1.82) is 0 Å². The molecule has 0 spiro atoms. The van der Waals surface area contributed by atoms with Crippen molar-refractivity contribution in [1.82, 2.24) is 0 Å². The van der Waals surface area contributed by atoms with Gasteiger partial charge in [-0.1, -0.05) is 12.2 Å². The van der Waals surface area contributed by atoms with E-state index >= 15 is 0 Å². The largest absolute Gasteiger partial charge is 0.423 e. The van der Waals surface area contributed by atoms with E-state index in [0.29, 0.717) is 6.61 Å². The number of rotatable bonds is 7. The summed E-state index contributed by atoms with van der Waals surface area (Å²) in [6.07, 6.45) is 1.12. The van der Waals surface area contributed by atoms with Gasteiger partial charge in [0, 0.05) is 13.7 Å². The standard InChI is InChI=1S/C9H20O2Si/c1-9(2)8-11-6-5-7-12(4)10-3/h12H,1,5-8H2,2-4H3. The van der Waals surface area contributed by atoms with E-state index in [4.69, 9.17) is 9.16 Å².